The van der Waals surface area contributed by atoms with Gasteiger partial charge in [-0.1, -0.05) is 48.5 Å². The van der Waals surface area contributed by atoms with Crippen LogP contribution in [0.1, 0.15) is 40.1 Å². The largest absolute Gasteiger partial charge is 0.455 e. The van der Waals surface area contributed by atoms with Gasteiger partial charge < -0.3 is 15.1 Å². The molecule has 5 aromatic rings. The molecule has 38 heavy (non-hydrogen) atoms. The zero-order valence-electron chi connectivity index (χ0n) is 21.3. The van der Waals surface area contributed by atoms with Crippen molar-refractivity contribution in [1.82, 2.24) is 10.6 Å². The Hall–Kier alpha value is -4.71. The van der Waals surface area contributed by atoms with Gasteiger partial charge in [-0.2, -0.15) is 0 Å². The van der Waals surface area contributed by atoms with E-state index in [2.05, 4.69) is 10.6 Å². The van der Waals surface area contributed by atoms with Gasteiger partial charge in [0.1, 0.15) is 17.2 Å². The van der Waals surface area contributed by atoms with Crippen LogP contribution in [0.3, 0.4) is 0 Å². The standard InChI is InChI=1S/C32H27FN2O3/c1-32(2,24-10-5-4-6-11-24)35-30(36)23-9-7-8-21(18-23)22-14-17-27-26(19-22)28(31(37)34-3)29(38-27)20-12-15-25(33)16-13-20/h4-19H,1-3H3,(H,34,37)(H,35,36). The third kappa shape index (κ3) is 4.81. The summed E-state index contributed by atoms with van der Waals surface area (Å²) in [7, 11) is 1.55. The Labute approximate surface area is 220 Å². The second-order valence-corrected chi connectivity index (χ2v) is 9.63. The second-order valence-electron chi connectivity index (χ2n) is 9.63. The van der Waals surface area contributed by atoms with Crippen LogP contribution in [0.15, 0.2) is 101 Å². The molecular formula is C32H27FN2O3. The Kier molecular flexibility index (Phi) is 6.55. The minimum atomic E-state index is -0.552. The Morgan fingerprint density at radius 3 is 2.16 bits per heavy atom. The van der Waals surface area contributed by atoms with E-state index in [1.165, 1.54) is 12.1 Å². The number of carbonyl (C=O) groups excluding carboxylic acids is 2. The molecule has 190 valence electrons. The molecule has 1 heterocycles. The van der Waals surface area contributed by atoms with Gasteiger partial charge in [-0.05, 0) is 79.1 Å². The van der Waals surface area contributed by atoms with Gasteiger partial charge in [0.25, 0.3) is 11.8 Å². The number of hydrogen-bond donors (Lipinski definition) is 2. The summed E-state index contributed by atoms with van der Waals surface area (Å²) in [6, 6.07) is 28.6. The lowest BCUT2D eigenvalue weighted by molar-refractivity contribution is 0.0910. The average Bonchev–Trinajstić information content (AvgIpc) is 3.32. The number of hydrogen-bond acceptors (Lipinski definition) is 3. The van der Waals surface area contributed by atoms with Crippen LogP contribution in [-0.2, 0) is 5.54 Å². The molecule has 0 aliphatic rings. The van der Waals surface area contributed by atoms with Gasteiger partial charge in [0.2, 0.25) is 0 Å². The first kappa shape index (κ1) is 25.0. The summed E-state index contributed by atoms with van der Waals surface area (Å²) in [4.78, 5) is 26.1. The van der Waals surface area contributed by atoms with E-state index in [1.807, 2.05) is 74.5 Å². The lowest BCUT2D eigenvalue weighted by Crippen LogP contribution is -2.40. The molecule has 0 fully saturated rings. The van der Waals surface area contributed by atoms with E-state index in [4.69, 9.17) is 4.42 Å². The molecule has 0 atom stereocenters. The molecule has 5 rings (SSSR count). The maximum atomic E-state index is 13.5. The van der Waals surface area contributed by atoms with E-state index in [-0.39, 0.29) is 17.6 Å². The molecule has 0 unspecified atom stereocenters. The maximum absolute atomic E-state index is 13.5. The van der Waals surface area contributed by atoms with E-state index < -0.39 is 5.54 Å². The molecule has 2 N–H and O–H groups in total. The van der Waals surface area contributed by atoms with Crippen LogP contribution < -0.4 is 10.6 Å². The number of furan rings is 1. The molecular weight excluding hydrogens is 479 g/mol. The first-order valence-corrected chi connectivity index (χ1v) is 12.3. The van der Waals surface area contributed by atoms with Crippen LogP contribution in [0, 0.1) is 5.82 Å². The smallest absolute Gasteiger partial charge is 0.255 e. The quantitative estimate of drug-likeness (QED) is 0.262. The number of benzene rings is 4. The van der Waals surface area contributed by atoms with E-state index in [0.29, 0.717) is 33.4 Å². The molecule has 0 bridgehead atoms. The summed E-state index contributed by atoms with van der Waals surface area (Å²) in [6.07, 6.45) is 0. The first-order chi connectivity index (χ1) is 18.3. The monoisotopic (exact) mass is 506 g/mol. The van der Waals surface area contributed by atoms with Crippen molar-refractivity contribution >= 4 is 22.8 Å². The van der Waals surface area contributed by atoms with Gasteiger partial charge in [0, 0.05) is 23.6 Å². The molecule has 0 spiro atoms. The molecule has 6 heteroatoms. The van der Waals surface area contributed by atoms with Crippen molar-refractivity contribution in [1.29, 1.82) is 0 Å². The van der Waals surface area contributed by atoms with E-state index >= 15 is 0 Å². The number of carbonyl (C=O) groups is 2. The highest BCUT2D eigenvalue weighted by molar-refractivity contribution is 6.11. The van der Waals surface area contributed by atoms with Crippen LogP contribution >= 0.6 is 0 Å². The molecule has 0 aliphatic heterocycles. The highest BCUT2D eigenvalue weighted by atomic mass is 19.1. The number of rotatable bonds is 6. The topological polar surface area (TPSA) is 71.3 Å². The molecule has 2 amide bonds. The van der Waals surface area contributed by atoms with E-state index in [0.717, 1.165) is 16.7 Å². The Balaban J connectivity index is 1.52. The third-order valence-corrected chi connectivity index (χ3v) is 6.63. The summed E-state index contributed by atoms with van der Waals surface area (Å²) in [5.41, 5.74) is 4.13. The van der Waals surface area contributed by atoms with Crippen molar-refractivity contribution in [3.8, 4) is 22.5 Å². The number of halogens is 1. The minimum Gasteiger partial charge on any atom is -0.455 e. The van der Waals surface area contributed by atoms with E-state index in [9.17, 15) is 14.0 Å². The van der Waals surface area contributed by atoms with Crippen molar-refractivity contribution in [2.75, 3.05) is 7.05 Å². The first-order valence-electron chi connectivity index (χ1n) is 12.3. The van der Waals surface area contributed by atoms with Crippen molar-refractivity contribution in [2.45, 2.75) is 19.4 Å². The zero-order valence-corrected chi connectivity index (χ0v) is 21.3. The Morgan fingerprint density at radius 1 is 0.763 bits per heavy atom. The van der Waals surface area contributed by atoms with Crippen molar-refractivity contribution in [3.63, 3.8) is 0 Å². The predicted octanol–water partition coefficient (Wildman–Crippen LogP) is 6.93. The van der Waals surface area contributed by atoms with Crippen LogP contribution in [0.25, 0.3) is 33.4 Å². The summed E-state index contributed by atoms with van der Waals surface area (Å²) in [5, 5.41) is 6.42. The van der Waals surface area contributed by atoms with Crippen LogP contribution in [-0.4, -0.2) is 18.9 Å². The van der Waals surface area contributed by atoms with Crippen molar-refractivity contribution < 1.29 is 18.4 Å². The summed E-state index contributed by atoms with van der Waals surface area (Å²) in [5.74, 6) is -0.497. The molecule has 1 aromatic heterocycles. The zero-order chi connectivity index (χ0) is 26.9. The van der Waals surface area contributed by atoms with E-state index in [1.54, 1.807) is 31.3 Å². The average molecular weight is 507 g/mol. The van der Waals surface area contributed by atoms with Crippen molar-refractivity contribution in [2.24, 2.45) is 0 Å². The summed E-state index contributed by atoms with van der Waals surface area (Å²) < 4.78 is 19.6. The van der Waals surface area contributed by atoms with Crippen LogP contribution in [0.5, 0.6) is 0 Å². The number of amides is 2. The predicted molar refractivity (Wildman–Crippen MR) is 147 cm³/mol. The normalized spacial score (nSPS) is 11.4. The Bertz CT molecular complexity index is 1640. The SMILES string of the molecule is CNC(=O)c1c(-c2ccc(F)cc2)oc2ccc(-c3cccc(C(=O)NC(C)(C)c4ccccc4)c3)cc12. The van der Waals surface area contributed by atoms with Crippen LogP contribution in [0.2, 0.25) is 0 Å². The fourth-order valence-corrected chi connectivity index (χ4v) is 4.56. The van der Waals surface area contributed by atoms with Gasteiger partial charge in [-0.15, -0.1) is 0 Å². The molecule has 0 aliphatic carbocycles. The van der Waals surface area contributed by atoms with Gasteiger partial charge in [-0.3, -0.25) is 9.59 Å². The lowest BCUT2D eigenvalue weighted by atomic mass is 9.93. The van der Waals surface area contributed by atoms with Crippen LogP contribution in [0.4, 0.5) is 4.39 Å². The second kappa shape index (κ2) is 9.98. The highest BCUT2D eigenvalue weighted by Gasteiger charge is 2.24. The Morgan fingerprint density at radius 2 is 1.45 bits per heavy atom. The molecule has 4 aromatic carbocycles. The summed E-state index contributed by atoms with van der Waals surface area (Å²) >= 11 is 0. The maximum Gasteiger partial charge on any atom is 0.255 e. The highest BCUT2D eigenvalue weighted by Crippen LogP contribution is 2.36. The van der Waals surface area contributed by atoms with Gasteiger partial charge in [-0.25, -0.2) is 4.39 Å². The van der Waals surface area contributed by atoms with Gasteiger partial charge in [0.15, 0.2) is 0 Å². The molecule has 5 nitrogen and oxygen atoms in total. The molecule has 0 saturated carbocycles. The summed E-state index contributed by atoms with van der Waals surface area (Å²) in [6.45, 7) is 3.94. The fourth-order valence-electron chi connectivity index (χ4n) is 4.56. The number of nitrogens with one attached hydrogen (secondary N) is 2. The number of fused-ring (bicyclic) bond motifs is 1. The molecule has 0 radical (unpaired) electrons. The van der Waals surface area contributed by atoms with Gasteiger partial charge >= 0.3 is 0 Å². The third-order valence-electron chi connectivity index (χ3n) is 6.63. The molecule has 0 saturated heterocycles. The lowest BCUT2D eigenvalue weighted by Gasteiger charge is -2.27. The minimum absolute atomic E-state index is 0.185. The van der Waals surface area contributed by atoms with Gasteiger partial charge in [0.05, 0.1) is 11.1 Å². The fraction of sp³-hybridized carbons (Fsp3) is 0.125. The van der Waals surface area contributed by atoms with Crippen molar-refractivity contribution in [3.05, 3.63) is 120 Å².